The second-order valence-corrected chi connectivity index (χ2v) is 9.16. The number of rotatable bonds is 3. The number of amides is 1. The molecule has 2 aromatic heterocycles. The number of carbonyl (C=O) groups excluding carboxylic acids is 1. The lowest BCUT2D eigenvalue weighted by Gasteiger charge is -2.04. The first-order chi connectivity index (χ1) is 14.5. The van der Waals surface area contributed by atoms with Gasteiger partial charge < -0.3 is 9.88 Å². The summed E-state index contributed by atoms with van der Waals surface area (Å²) in [6.07, 6.45) is 2.06. The predicted molar refractivity (Wildman–Crippen MR) is 126 cm³/mol. The van der Waals surface area contributed by atoms with Crippen LogP contribution in [0.3, 0.4) is 0 Å². The number of aryl methyl sites for hydroxylation is 1. The number of hydrogen-bond donors (Lipinski definition) is 1. The van der Waals surface area contributed by atoms with Crippen LogP contribution in [-0.4, -0.2) is 31.2 Å². The van der Waals surface area contributed by atoms with Crippen molar-refractivity contribution < 1.29 is 4.79 Å². The smallest absolute Gasteiger partial charge is 0.236 e. The zero-order valence-electron chi connectivity index (χ0n) is 15.8. The SMILES string of the molecule is Cn1cc(-c2cc(N=C3NC(=O)CS3)n(-c3ccc(Cl)cc3)n2)c2cc(Br)ccc21. The normalized spacial score (nSPS) is 15.3. The summed E-state index contributed by atoms with van der Waals surface area (Å²) in [5.41, 5.74) is 3.75. The molecule has 150 valence electrons. The summed E-state index contributed by atoms with van der Waals surface area (Å²) < 4.78 is 4.85. The molecule has 0 atom stereocenters. The summed E-state index contributed by atoms with van der Waals surface area (Å²) in [6, 6.07) is 15.5. The maximum Gasteiger partial charge on any atom is 0.236 e. The molecule has 0 bridgehead atoms. The number of aliphatic imine (C=N–C) groups is 1. The predicted octanol–water partition coefficient (Wildman–Crippen LogP) is 5.30. The summed E-state index contributed by atoms with van der Waals surface area (Å²) in [5, 5.41) is 9.95. The Labute approximate surface area is 190 Å². The fourth-order valence-corrected chi connectivity index (χ4v) is 4.58. The van der Waals surface area contributed by atoms with Gasteiger partial charge in [-0.25, -0.2) is 9.67 Å². The molecule has 3 heterocycles. The van der Waals surface area contributed by atoms with Crippen LogP contribution >= 0.6 is 39.3 Å². The highest BCUT2D eigenvalue weighted by Crippen LogP contribution is 2.34. The largest absolute Gasteiger partial charge is 0.350 e. The van der Waals surface area contributed by atoms with E-state index in [-0.39, 0.29) is 5.91 Å². The van der Waals surface area contributed by atoms with Gasteiger partial charge in [-0.15, -0.1) is 0 Å². The van der Waals surface area contributed by atoms with E-state index in [4.69, 9.17) is 16.7 Å². The van der Waals surface area contributed by atoms with E-state index in [1.807, 2.05) is 43.4 Å². The van der Waals surface area contributed by atoms with E-state index in [2.05, 4.69) is 49.1 Å². The van der Waals surface area contributed by atoms with Gasteiger partial charge in [0.2, 0.25) is 5.91 Å². The van der Waals surface area contributed by atoms with Gasteiger partial charge >= 0.3 is 0 Å². The van der Waals surface area contributed by atoms with Gasteiger partial charge in [0.15, 0.2) is 11.0 Å². The molecule has 1 N–H and O–H groups in total. The molecular weight excluding hydrogens is 486 g/mol. The third-order valence-corrected chi connectivity index (χ3v) is 6.41. The van der Waals surface area contributed by atoms with E-state index in [0.717, 1.165) is 32.3 Å². The van der Waals surface area contributed by atoms with Crippen LogP contribution in [-0.2, 0) is 11.8 Å². The van der Waals surface area contributed by atoms with E-state index in [9.17, 15) is 4.79 Å². The van der Waals surface area contributed by atoms with Gasteiger partial charge in [0, 0.05) is 45.3 Å². The van der Waals surface area contributed by atoms with Crippen molar-refractivity contribution in [2.24, 2.45) is 12.0 Å². The molecule has 1 aliphatic heterocycles. The summed E-state index contributed by atoms with van der Waals surface area (Å²) in [7, 11) is 2.02. The molecule has 1 amide bonds. The minimum absolute atomic E-state index is 0.0459. The number of hydrogen-bond acceptors (Lipinski definition) is 4. The average Bonchev–Trinajstić information content (AvgIpc) is 3.40. The molecule has 0 saturated carbocycles. The van der Waals surface area contributed by atoms with E-state index >= 15 is 0 Å². The Morgan fingerprint density at radius 2 is 2.00 bits per heavy atom. The van der Waals surface area contributed by atoms with Crippen molar-refractivity contribution in [1.82, 2.24) is 19.7 Å². The molecule has 1 aliphatic rings. The zero-order chi connectivity index (χ0) is 20.8. The highest BCUT2D eigenvalue weighted by Gasteiger charge is 2.20. The van der Waals surface area contributed by atoms with Crippen molar-refractivity contribution in [3.63, 3.8) is 0 Å². The number of amidine groups is 1. The highest BCUT2D eigenvalue weighted by molar-refractivity contribution is 9.10. The lowest BCUT2D eigenvalue weighted by atomic mass is 10.1. The van der Waals surface area contributed by atoms with Crippen molar-refractivity contribution in [3.8, 4) is 16.9 Å². The van der Waals surface area contributed by atoms with Crippen molar-refractivity contribution in [2.45, 2.75) is 0 Å². The number of nitrogens with zero attached hydrogens (tertiary/aromatic N) is 4. The Bertz CT molecular complexity index is 1330. The monoisotopic (exact) mass is 499 g/mol. The standard InChI is InChI=1S/C21H15BrClN5OS/c1-27-10-16(15-8-12(22)2-7-18(15)27)17-9-19(24-21-25-20(29)11-30-21)28(26-17)14-5-3-13(23)4-6-14/h2-10H,11H2,1H3,(H,24,25,29). The molecule has 30 heavy (non-hydrogen) atoms. The van der Waals surface area contributed by atoms with Gasteiger partial charge in [-0.1, -0.05) is 39.3 Å². The first kappa shape index (κ1) is 19.4. The molecule has 4 aromatic rings. The van der Waals surface area contributed by atoms with E-state index in [1.54, 1.807) is 4.68 Å². The van der Waals surface area contributed by atoms with Crippen molar-refractivity contribution >= 4 is 67.1 Å². The molecule has 5 rings (SSSR count). The van der Waals surface area contributed by atoms with Crippen LogP contribution in [0.15, 0.2) is 64.2 Å². The number of thioether (sulfide) groups is 1. The molecular formula is C21H15BrClN5OS. The Kier molecular flexibility index (Phi) is 4.92. The third-order valence-electron chi connectivity index (χ3n) is 4.79. The molecule has 0 radical (unpaired) electrons. The maximum atomic E-state index is 11.6. The topological polar surface area (TPSA) is 64.2 Å². The van der Waals surface area contributed by atoms with Gasteiger partial charge in [0.25, 0.3) is 0 Å². The number of halogens is 2. The number of benzene rings is 2. The first-order valence-electron chi connectivity index (χ1n) is 9.10. The second kappa shape index (κ2) is 7.61. The zero-order valence-corrected chi connectivity index (χ0v) is 18.9. The summed E-state index contributed by atoms with van der Waals surface area (Å²) >= 11 is 11.0. The lowest BCUT2D eigenvalue weighted by molar-refractivity contribution is -0.116. The summed E-state index contributed by atoms with van der Waals surface area (Å²) in [4.78, 5) is 16.2. The van der Waals surface area contributed by atoms with E-state index in [1.165, 1.54) is 11.8 Å². The molecule has 2 aromatic carbocycles. The van der Waals surface area contributed by atoms with Crippen molar-refractivity contribution in [3.05, 3.63) is 64.2 Å². The molecule has 1 saturated heterocycles. The van der Waals surface area contributed by atoms with Gasteiger partial charge in [-0.3, -0.25) is 4.79 Å². The van der Waals surface area contributed by atoms with Crippen LogP contribution in [0.4, 0.5) is 5.82 Å². The Morgan fingerprint density at radius 3 is 2.73 bits per heavy atom. The number of aromatic nitrogens is 3. The van der Waals surface area contributed by atoms with Gasteiger partial charge in [-0.2, -0.15) is 5.10 Å². The van der Waals surface area contributed by atoms with Crippen LogP contribution in [0, 0.1) is 0 Å². The molecule has 0 spiro atoms. The molecule has 0 aliphatic carbocycles. The molecule has 1 fully saturated rings. The quantitative estimate of drug-likeness (QED) is 0.415. The van der Waals surface area contributed by atoms with E-state index in [0.29, 0.717) is 21.8 Å². The molecule has 9 heteroatoms. The summed E-state index contributed by atoms with van der Waals surface area (Å²) in [5.74, 6) is 0.956. The van der Waals surface area contributed by atoms with Gasteiger partial charge in [-0.05, 0) is 42.5 Å². The van der Waals surface area contributed by atoms with Crippen molar-refractivity contribution in [1.29, 1.82) is 0 Å². The van der Waals surface area contributed by atoms with Crippen molar-refractivity contribution in [2.75, 3.05) is 5.75 Å². The fraction of sp³-hybridized carbons (Fsp3) is 0.0952. The number of carbonyl (C=O) groups is 1. The maximum absolute atomic E-state index is 11.6. The number of nitrogens with one attached hydrogen (secondary N) is 1. The van der Waals surface area contributed by atoms with Crippen LogP contribution < -0.4 is 5.32 Å². The van der Waals surface area contributed by atoms with Gasteiger partial charge in [0.05, 0.1) is 17.1 Å². The Hall–Kier alpha value is -2.55. The second-order valence-electron chi connectivity index (χ2n) is 6.84. The minimum Gasteiger partial charge on any atom is -0.350 e. The first-order valence-corrected chi connectivity index (χ1v) is 11.3. The fourth-order valence-electron chi connectivity index (χ4n) is 3.41. The minimum atomic E-state index is -0.0459. The third kappa shape index (κ3) is 3.55. The molecule has 6 nitrogen and oxygen atoms in total. The van der Waals surface area contributed by atoms with Crippen LogP contribution in [0.25, 0.3) is 27.8 Å². The Morgan fingerprint density at radius 1 is 1.20 bits per heavy atom. The van der Waals surface area contributed by atoms with Gasteiger partial charge in [0.1, 0.15) is 0 Å². The van der Waals surface area contributed by atoms with Crippen LogP contribution in [0.1, 0.15) is 0 Å². The lowest BCUT2D eigenvalue weighted by Crippen LogP contribution is -2.20. The summed E-state index contributed by atoms with van der Waals surface area (Å²) in [6.45, 7) is 0. The van der Waals surface area contributed by atoms with E-state index < -0.39 is 0 Å². The Balaban J connectivity index is 1.69. The van der Waals surface area contributed by atoms with Crippen LogP contribution in [0.2, 0.25) is 5.02 Å². The average molecular weight is 501 g/mol. The number of fused-ring (bicyclic) bond motifs is 1. The highest BCUT2D eigenvalue weighted by atomic mass is 79.9. The molecule has 0 unspecified atom stereocenters. The van der Waals surface area contributed by atoms with Crippen LogP contribution in [0.5, 0.6) is 0 Å².